The van der Waals surface area contributed by atoms with Crippen molar-refractivity contribution in [2.24, 2.45) is 0 Å². The lowest BCUT2D eigenvalue weighted by molar-refractivity contribution is -0.137. The molecule has 0 bridgehead atoms. The molecule has 170 valence electrons. The number of aromatic hydroxyl groups is 1. The van der Waals surface area contributed by atoms with Gasteiger partial charge in [0.1, 0.15) is 5.75 Å². The molecule has 1 atom stereocenters. The monoisotopic (exact) mass is 453 g/mol. The van der Waals surface area contributed by atoms with Crippen molar-refractivity contribution in [2.45, 2.75) is 25.1 Å². The van der Waals surface area contributed by atoms with E-state index in [-0.39, 0.29) is 5.75 Å². The number of carboxylic acid groups (broad SMARTS) is 1. The van der Waals surface area contributed by atoms with Gasteiger partial charge in [0.05, 0.1) is 11.1 Å². The van der Waals surface area contributed by atoms with Gasteiger partial charge in [-0.15, -0.1) is 0 Å². The molecule has 7 heteroatoms. The van der Waals surface area contributed by atoms with Gasteiger partial charge in [-0.3, -0.25) is 0 Å². The van der Waals surface area contributed by atoms with E-state index in [9.17, 15) is 23.1 Å². The number of anilines is 1. The minimum atomic E-state index is -4.41. The van der Waals surface area contributed by atoms with Crippen molar-refractivity contribution in [3.8, 4) is 5.75 Å². The number of carboxylic acids is 1. The lowest BCUT2D eigenvalue weighted by Gasteiger charge is -2.48. The lowest BCUT2D eigenvalue weighted by Crippen LogP contribution is -2.49. The van der Waals surface area contributed by atoms with E-state index >= 15 is 0 Å². The first-order valence-electron chi connectivity index (χ1n) is 10.4. The Morgan fingerprint density at radius 1 is 1.03 bits per heavy atom. The van der Waals surface area contributed by atoms with Gasteiger partial charge in [-0.05, 0) is 78.1 Å². The first-order chi connectivity index (χ1) is 15.6. The van der Waals surface area contributed by atoms with E-state index in [1.807, 2.05) is 25.1 Å². The molecule has 0 amide bonds. The maximum absolute atomic E-state index is 13.1. The van der Waals surface area contributed by atoms with Crippen LogP contribution in [0.4, 0.5) is 18.9 Å². The first-order valence-corrected chi connectivity index (χ1v) is 10.4. The number of phenols is 1. The van der Waals surface area contributed by atoms with E-state index < -0.39 is 23.2 Å². The number of rotatable bonds is 4. The standard InChI is InChI=1S/C26H22F3NO3/c1-25(19-5-2-17(3-6-19)4-13-24(32)33)23-12-11-22(31)16-18(23)14-15-30(25)21-9-7-20(8-10-21)26(27,28)29/h2-13,16,31H,14-15H2,1H3,(H,32,33). The molecule has 0 saturated carbocycles. The second-order valence-electron chi connectivity index (χ2n) is 8.15. The van der Waals surface area contributed by atoms with Crippen molar-refractivity contribution in [3.63, 3.8) is 0 Å². The number of nitrogens with zero attached hydrogens (tertiary/aromatic N) is 1. The summed E-state index contributed by atoms with van der Waals surface area (Å²) in [5.41, 5.74) is 2.74. The highest BCUT2D eigenvalue weighted by Crippen LogP contribution is 2.44. The minimum Gasteiger partial charge on any atom is -0.508 e. The van der Waals surface area contributed by atoms with Crippen molar-refractivity contribution in [1.29, 1.82) is 0 Å². The molecule has 0 saturated heterocycles. The molecule has 4 rings (SSSR count). The molecular weight excluding hydrogens is 431 g/mol. The summed E-state index contributed by atoms with van der Waals surface area (Å²) in [6.07, 6.45) is -1.23. The van der Waals surface area contributed by atoms with Gasteiger partial charge < -0.3 is 15.1 Å². The van der Waals surface area contributed by atoms with Crippen LogP contribution in [0.3, 0.4) is 0 Å². The number of phenolic OH excluding ortho intramolecular Hbond substituents is 1. The Morgan fingerprint density at radius 2 is 1.70 bits per heavy atom. The Balaban J connectivity index is 1.81. The van der Waals surface area contributed by atoms with Crippen LogP contribution in [0.1, 0.15) is 34.7 Å². The fourth-order valence-corrected chi connectivity index (χ4v) is 4.48. The molecule has 2 N–H and O–H groups in total. The average Bonchev–Trinajstić information content (AvgIpc) is 2.77. The maximum Gasteiger partial charge on any atom is 0.416 e. The number of aliphatic carboxylic acids is 1. The zero-order chi connectivity index (χ0) is 23.8. The Hall–Kier alpha value is -3.74. The molecule has 1 heterocycles. The van der Waals surface area contributed by atoms with Crippen LogP contribution < -0.4 is 4.90 Å². The van der Waals surface area contributed by atoms with Gasteiger partial charge in [0.15, 0.2) is 0 Å². The van der Waals surface area contributed by atoms with E-state index in [1.54, 1.807) is 24.3 Å². The summed E-state index contributed by atoms with van der Waals surface area (Å²) in [6.45, 7) is 2.54. The normalized spacial score (nSPS) is 18.4. The summed E-state index contributed by atoms with van der Waals surface area (Å²) in [6, 6.07) is 17.7. The third kappa shape index (κ3) is 4.31. The van der Waals surface area contributed by atoms with Crippen LogP contribution in [0.15, 0.2) is 72.8 Å². The summed E-state index contributed by atoms with van der Waals surface area (Å²) in [5.74, 6) is -0.881. The molecule has 4 nitrogen and oxygen atoms in total. The maximum atomic E-state index is 13.1. The van der Waals surface area contributed by atoms with Crippen molar-refractivity contribution in [2.75, 3.05) is 11.4 Å². The van der Waals surface area contributed by atoms with Crippen molar-refractivity contribution < 1.29 is 28.2 Å². The Morgan fingerprint density at radius 3 is 2.30 bits per heavy atom. The SMILES string of the molecule is CC1(c2ccc(C=CC(=O)O)cc2)c2ccc(O)cc2CCN1c1ccc(C(F)(F)F)cc1. The first kappa shape index (κ1) is 22.5. The number of fused-ring (bicyclic) bond motifs is 1. The van der Waals surface area contributed by atoms with Crippen LogP contribution in [0, 0.1) is 0 Å². The van der Waals surface area contributed by atoms with Gasteiger partial charge in [0.2, 0.25) is 0 Å². The van der Waals surface area contributed by atoms with Crippen LogP contribution in [0.5, 0.6) is 5.75 Å². The highest BCUT2D eigenvalue weighted by atomic mass is 19.4. The molecule has 0 fully saturated rings. The molecule has 1 unspecified atom stereocenters. The van der Waals surface area contributed by atoms with E-state index in [1.165, 1.54) is 18.2 Å². The van der Waals surface area contributed by atoms with Crippen LogP contribution in [-0.2, 0) is 22.9 Å². The Kier molecular flexibility index (Phi) is 5.66. The summed E-state index contributed by atoms with van der Waals surface area (Å²) >= 11 is 0. The zero-order valence-corrected chi connectivity index (χ0v) is 17.8. The highest BCUT2D eigenvalue weighted by Gasteiger charge is 2.41. The molecule has 3 aromatic rings. The van der Waals surface area contributed by atoms with Crippen molar-refractivity contribution in [1.82, 2.24) is 0 Å². The lowest BCUT2D eigenvalue weighted by atomic mass is 9.76. The molecule has 0 aromatic heterocycles. The fourth-order valence-electron chi connectivity index (χ4n) is 4.48. The number of halogens is 3. The summed E-state index contributed by atoms with van der Waals surface area (Å²) in [5, 5.41) is 18.8. The van der Waals surface area contributed by atoms with Crippen LogP contribution in [0.25, 0.3) is 6.08 Å². The number of hydrogen-bond donors (Lipinski definition) is 2. The highest BCUT2D eigenvalue weighted by molar-refractivity contribution is 5.85. The Bertz CT molecular complexity index is 1200. The number of alkyl halides is 3. The summed E-state index contributed by atoms with van der Waals surface area (Å²) in [4.78, 5) is 12.9. The average molecular weight is 453 g/mol. The number of benzene rings is 3. The summed E-state index contributed by atoms with van der Waals surface area (Å²) in [7, 11) is 0. The predicted molar refractivity (Wildman–Crippen MR) is 120 cm³/mol. The van der Waals surface area contributed by atoms with E-state index in [0.717, 1.165) is 34.9 Å². The van der Waals surface area contributed by atoms with E-state index in [4.69, 9.17) is 5.11 Å². The molecule has 0 spiro atoms. The van der Waals surface area contributed by atoms with Gasteiger partial charge in [-0.1, -0.05) is 30.3 Å². The molecule has 3 aromatic carbocycles. The van der Waals surface area contributed by atoms with Crippen LogP contribution in [0.2, 0.25) is 0 Å². The second-order valence-corrected chi connectivity index (χ2v) is 8.15. The number of carbonyl (C=O) groups is 1. The van der Waals surface area contributed by atoms with Crippen molar-refractivity contribution in [3.05, 3.63) is 101 Å². The predicted octanol–water partition coefficient (Wildman–Crippen LogP) is 5.84. The topological polar surface area (TPSA) is 60.8 Å². The van der Waals surface area contributed by atoms with E-state index in [2.05, 4.69) is 4.90 Å². The molecule has 0 radical (unpaired) electrons. The smallest absolute Gasteiger partial charge is 0.416 e. The van der Waals surface area contributed by atoms with Gasteiger partial charge >= 0.3 is 12.1 Å². The molecule has 0 aliphatic carbocycles. The van der Waals surface area contributed by atoms with E-state index in [0.29, 0.717) is 24.2 Å². The molecule has 1 aliphatic heterocycles. The van der Waals surface area contributed by atoms with Crippen LogP contribution in [-0.4, -0.2) is 22.7 Å². The molecule has 1 aliphatic rings. The fraction of sp³-hybridized carbons (Fsp3) is 0.192. The third-order valence-corrected chi connectivity index (χ3v) is 6.16. The van der Waals surface area contributed by atoms with Gasteiger partial charge in [0, 0.05) is 18.3 Å². The second kappa shape index (κ2) is 8.31. The van der Waals surface area contributed by atoms with Gasteiger partial charge in [-0.25, -0.2) is 4.79 Å². The minimum absolute atomic E-state index is 0.160. The number of hydrogen-bond acceptors (Lipinski definition) is 3. The van der Waals surface area contributed by atoms with Gasteiger partial charge in [-0.2, -0.15) is 13.2 Å². The molecular formula is C26H22F3NO3. The quantitative estimate of drug-likeness (QED) is 0.488. The van der Waals surface area contributed by atoms with Crippen molar-refractivity contribution >= 4 is 17.7 Å². The van der Waals surface area contributed by atoms with Crippen LogP contribution >= 0.6 is 0 Å². The van der Waals surface area contributed by atoms with Gasteiger partial charge in [0.25, 0.3) is 0 Å². The third-order valence-electron chi connectivity index (χ3n) is 6.16. The molecule has 33 heavy (non-hydrogen) atoms. The Labute approximate surface area is 189 Å². The zero-order valence-electron chi connectivity index (χ0n) is 17.8. The largest absolute Gasteiger partial charge is 0.508 e. The summed E-state index contributed by atoms with van der Waals surface area (Å²) < 4.78 is 39.3.